The molecule has 464 valence electrons. The topological polar surface area (TPSA) is 367 Å². The second-order valence-corrected chi connectivity index (χ2v) is 19.2. The molecule has 15 unspecified atom stereocenters. The molecular weight excluding hydrogens is 1140 g/mol. The zero-order valence-corrected chi connectivity index (χ0v) is 48.5. The molecule has 1 aromatic heterocycles. The summed E-state index contributed by atoms with van der Waals surface area (Å²) in [7, 11) is 2.54. The van der Waals surface area contributed by atoms with Gasteiger partial charge in [-0.3, -0.25) is 52.7 Å². The number of fused-ring (bicyclic) bond motifs is 1. The van der Waals surface area contributed by atoms with Crippen LogP contribution < -0.4 is 29.1 Å². The highest BCUT2D eigenvalue weighted by Gasteiger charge is 2.58. The standard InChI is InChI=1S/C55H64O30/c1-21-43(75-26(6)59)48(85-54-51(80-31(11)64)47(77-28(8)61)42(22(2)71-54)74-25(5)58)50(79-30(10)63)53(70-21)69-20-39-45(76-27(7)60)49(78-29(9)62)52(81-32(12)65)55(83-39)84-46-41(66)40-37(73-24(4)57)18-34(67-13)19-38(40)82-44(46)33-15-16-35(72-23(3)56)36(17-33)68-14/h15-19,21-22,39,42-43,45,47-55H,20H2,1-14H3. The Morgan fingerprint density at radius 1 is 0.447 bits per heavy atom. The van der Waals surface area contributed by atoms with Crippen LogP contribution in [0.25, 0.3) is 22.3 Å². The van der Waals surface area contributed by atoms with Gasteiger partial charge in [0, 0.05) is 86.9 Å². The zero-order chi connectivity index (χ0) is 62.9. The van der Waals surface area contributed by atoms with Crippen LogP contribution in [0.2, 0.25) is 0 Å². The van der Waals surface area contributed by atoms with Gasteiger partial charge in [0.25, 0.3) is 0 Å². The molecule has 0 spiro atoms. The summed E-state index contributed by atoms with van der Waals surface area (Å²) in [6, 6.07) is 6.43. The first-order valence-corrected chi connectivity index (χ1v) is 26.0. The van der Waals surface area contributed by atoms with Crippen molar-refractivity contribution in [2.24, 2.45) is 0 Å². The maximum absolute atomic E-state index is 15.2. The van der Waals surface area contributed by atoms with E-state index in [2.05, 4.69) is 0 Å². The van der Waals surface area contributed by atoms with E-state index in [1.54, 1.807) is 0 Å². The molecule has 3 aliphatic heterocycles. The molecular formula is C55H64O30. The van der Waals surface area contributed by atoms with E-state index in [0.29, 0.717) is 0 Å². The van der Waals surface area contributed by atoms with Crippen LogP contribution in [-0.2, 0) is 110 Å². The van der Waals surface area contributed by atoms with E-state index in [1.165, 1.54) is 58.4 Å². The first kappa shape index (κ1) is 65.7. The average molecular weight is 1210 g/mol. The molecule has 3 aliphatic rings. The van der Waals surface area contributed by atoms with E-state index >= 15 is 4.79 Å². The van der Waals surface area contributed by atoms with Crippen LogP contribution in [0.5, 0.6) is 28.7 Å². The van der Waals surface area contributed by atoms with Gasteiger partial charge in [0.05, 0.1) is 33.0 Å². The number of carbonyl (C=O) groups is 10. The van der Waals surface area contributed by atoms with Gasteiger partial charge in [-0.05, 0) is 32.0 Å². The Balaban J connectivity index is 1.51. The molecule has 3 saturated heterocycles. The van der Waals surface area contributed by atoms with Crippen LogP contribution >= 0.6 is 0 Å². The molecule has 85 heavy (non-hydrogen) atoms. The lowest BCUT2D eigenvalue weighted by Gasteiger charge is -2.48. The van der Waals surface area contributed by atoms with Crippen molar-refractivity contribution in [2.75, 3.05) is 20.8 Å². The van der Waals surface area contributed by atoms with Gasteiger partial charge in [0.2, 0.25) is 23.6 Å². The van der Waals surface area contributed by atoms with Crippen molar-refractivity contribution in [3.8, 4) is 40.1 Å². The third-order valence-corrected chi connectivity index (χ3v) is 12.5. The summed E-state index contributed by atoms with van der Waals surface area (Å²) >= 11 is 0. The predicted octanol–water partition coefficient (Wildman–Crippen LogP) is 2.78. The molecule has 15 atom stereocenters. The van der Waals surface area contributed by atoms with Crippen molar-refractivity contribution >= 4 is 70.7 Å². The summed E-state index contributed by atoms with van der Waals surface area (Å²) in [4.78, 5) is 142. The van der Waals surface area contributed by atoms with Gasteiger partial charge >= 0.3 is 59.7 Å². The largest absolute Gasteiger partial charge is 0.496 e. The fourth-order valence-corrected chi connectivity index (χ4v) is 9.50. The van der Waals surface area contributed by atoms with Gasteiger partial charge < -0.3 is 89.7 Å². The normalized spacial score (nSPS) is 27.1. The number of hydrogen-bond acceptors (Lipinski definition) is 30. The summed E-state index contributed by atoms with van der Waals surface area (Å²) in [6.07, 6.45) is -25.5. The van der Waals surface area contributed by atoms with Gasteiger partial charge in [-0.2, -0.15) is 0 Å². The van der Waals surface area contributed by atoms with Crippen LogP contribution in [0, 0.1) is 0 Å². The molecule has 3 fully saturated rings. The summed E-state index contributed by atoms with van der Waals surface area (Å²) in [6.45, 7) is 12.2. The number of ether oxygens (including phenoxy) is 18. The lowest BCUT2D eigenvalue weighted by Crippen LogP contribution is -2.66. The van der Waals surface area contributed by atoms with E-state index in [9.17, 15) is 47.9 Å². The number of hydrogen-bond donors (Lipinski definition) is 0. The van der Waals surface area contributed by atoms with Crippen molar-refractivity contribution in [1.29, 1.82) is 0 Å². The first-order chi connectivity index (χ1) is 40.0. The number of rotatable bonds is 20. The van der Waals surface area contributed by atoms with Gasteiger partial charge in [0.15, 0.2) is 72.6 Å². The molecule has 3 aromatic rings. The minimum Gasteiger partial charge on any atom is -0.496 e. The van der Waals surface area contributed by atoms with E-state index < -0.39 is 181 Å². The van der Waals surface area contributed by atoms with Crippen molar-refractivity contribution < 1.29 is 138 Å². The minimum absolute atomic E-state index is 0.00468. The van der Waals surface area contributed by atoms with Crippen LogP contribution in [0.15, 0.2) is 39.5 Å². The third-order valence-electron chi connectivity index (χ3n) is 12.5. The van der Waals surface area contributed by atoms with Gasteiger partial charge in [-0.15, -0.1) is 0 Å². The van der Waals surface area contributed by atoms with Crippen molar-refractivity contribution in [1.82, 2.24) is 0 Å². The highest BCUT2D eigenvalue weighted by molar-refractivity contribution is 5.91. The van der Waals surface area contributed by atoms with Crippen LogP contribution in [0.1, 0.15) is 83.1 Å². The molecule has 6 rings (SSSR count). The third kappa shape index (κ3) is 16.5. The Hall–Kier alpha value is -8.45. The van der Waals surface area contributed by atoms with E-state index in [1.807, 2.05) is 0 Å². The van der Waals surface area contributed by atoms with Gasteiger partial charge in [-0.1, -0.05) is 0 Å². The monoisotopic (exact) mass is 1200 g/mol. The first-order valence-electron chi connectivity index (χ1n) is 26.0. The number of esters is 10. The summed E-state index contributed by atoms with van der Waals surface area (Å²) in [5.41, 5.74) is -1.32. The van der Waals surface area contributed by atoms with Crippen molar-refractivity contribution in [2.45, 2.75) is 175 Å². The second-order valence-electron chi connectivity index (χ2n) is 19.2. The maximum atomic E-state index is 15.2. The summed E-state index contributed by atoms with van der Waals surface area (Å²) in [5, 5.41) is -0.408. The van der Waals surface area contributed by atoms with Crippen LogP contribution in [0.4, 0.5) is 0 Å². The van der Waals surface area contributed by atoms with Gasteiger partial charge in [0.1, 0.15) is 34.7 Å². The fraction of sp³-hybridized carbons (Fsp3) is 0.545. The lowest BCUT2D eigenvalue weighted by molar-refractivity contribution is -0.360. The SMILES string of the molecule is COc1cc(OC(C)=O)c2c(=O)c(OC3OC(COC4OC(C)C(OC(C)=O)C(OC5OC(C)C(OC(C)=O)C(OC(C)=O)C5OC(C)=O)C4OC(C)=O)C(OC(C)=O)C(OC(C)=O)C3OC(C)=O)c(-c3ccc(OC(C)=O)c(OC)c3)oc2c1. The second kappa shape index (κ2) is 28.4. The smallest absolute Gasteiger partial charge is 0.308 e. The number of carbonyl (C=O) groups excluding carboxylic acids is 10. The number of methoxy groups -OCH3 is 2. The molecule has 0 saturated carbocycles. The highest BCUT2D eigenvalue weighted by Crippen LogP contribution is 2.42. The zero-order valence-electron chi connectivity index (χ0n) is 48.5. The van der Waals surface area contributed by atoms with E-state index in [-0.39, 0.29) is 34.1 Å². The molecule has 0 radical (unpaired) electrons. The Morgan fingerprint density at radius 2 is 0.894 bits per heavy atom. The molecule has 30 heteroatoms. The highest BCUT2D eigenvalue weighted by atomic mass is 16.8. The van der Waals surface area contributed by atoms with E-state index in [4.69, 9.17) is 89.7 Å². The molecule has 2 aromatic carbocycles. The Labute approximate surface area is 483 Å². The average Bonchev–Trinajstić information content (AvgIpc) is 1.09. The van der Waals surface area contributed by atoms with E-state index in [0.717, 1.165) is 69.2 Å². The minimum atomic E-state index is -2.13. The molecule has 4 heterocycles. The van der Waals surface area contributed by atoms with Crippen LogP contribution in [0.3, 0.4) is 0 Å². The summed E-state index contributed by atoms with van der Waals surface area (Å²) < 4.78 is 111. The fourth-order valence-electron chi connectivity index (χ4n) is 9.50. The molecule has 0 amide bonds. The Bertz CT molecular complexity index is 3090. The maximum Gasteiger partial charge on any atom is 0.308 e. The quantitative estimate of drug-likeness (QED) is 0.0891. The Morgan fingerprint density at radius 3 is 1.40 bits per heavy atom. The van der Waals surface area contributed by atoms with Crippen LogP contribution in [-0.4, -0.2) is 173 Å². The molecule has 0 N–H and O–H groups in total. The molecule has 30 nitrogen and oxygen atoms in total. The lowest BCUT2D eigenvalue weighted by atomic mass is 9.96. The van der Waals surface area contributed by atoms with Gasteiger partial charge in [-0.25, -0.2) is 0 Å². The predicted molar refractivity (Wildman–Crippen MR) is 277 cm³/mol. The van der Waals surface area contributed by atoms with Crippen molar-refractivity contribution in [3.63, 3.8) is 0 Å². The molecule has 0 aliphatic carbocycles. The van der Waals surface area contributed by atoms with Crippen molar-refractivity contribution in [3.05, 3.63) is 40.6 Å². The Kier molecular flexibility index (Phi) is 22.0. The number of benzene rings is 2. The summed E-state index contributed by atoms with van der Waals surface area (Å²) in [5.74, 6) is -10.9. The molecule has 0 bridgehead atoms.